The number of ketones is 1. The van der Waals surface area contributed by atoms with Crippen molar-refractivity contribution in [1.82, 2.24) is 20.2 Å². The number of halogens is 4. The van der Waals surface area contributed by atoms with E-state index in [-0.39, 0.29) is 52.0 Å². The molecule has 1 aliphatic carbocycles. The van der Waals surface area contributed by atoms with E-state index < -0.39 is 23.8 Å². The quantitative estimate of drug-likeness (QED) is 0.293. The highest BCUT2D eigenvalue weighted by Gasteiger charge is 2.37. The molecule has 218 valence electrons. The Hall–Kier alpha value is -3.45. The minimum atomic E-state index is -4.81. The molecule has 1 saturated heterocycles. The van der Waals surface area contributed by atoms with Gasteiger partial charge < -0.3 is 24.8 Å². The van der Waals surface area contributed by atoms with Crippen molar-refractivity contribution in [3.8, 4) is 17.4 Å². The Balaban J connectivity index is 1.41. The Morgan fingerprint density at radius 2 is 1.93 bits per heavy atom. The standard InChI is InChI=1S/C28H29ClF3N5O4/c1-37-10-8-16(9-11-37)34-25(39)17-12-23(40-2)20(13-19(17)29)35-27-33-14-18(28(30,31)32)26(36-27)41-22-5-3-4-15-6-7-21(38)24(15)22/h3-5,12-14,16,25,34,39H,6-11H2,1-2H3,(H,33,35,36). The van der Waals surface area contributed by atoms with Crippen LogP contribution in [0.2, 0.25) is 5.02 Å². The smallest absolute Gasteiger partial charge is 0.423 e. The van der Waals surface area contributed by atoms with Crippen LogP contribution in [0.15, 0.2) is 36.5 Å². The highest BCUT2D eigenvalue weighted by atomic mass is 35.5. The number of fused-ring (bicyclic) bond motifs is 1. The number of rotatable bonds is 8. The lowest BCUT2D eigenvalue weighted by molar-refractivity contribution is -0.139. The van der Waals surface area contributed by atoms with Crippen molar-refractivity contribution in [1.29, 1.82) is 0 Å². The summed E-state index contributed by atoms with van der Waals surface area (Å²) in [7, 11) is 3.45. The monoisotopic (exact) mass is 591 g/mol. The largest absolute Gasteiger partial charge is 0.495 e. The fraction of sp³-hybridized carbons (Fsp3) is 0.393. The van der Waals surface area contributed by atoms with E-state index in [0.29, 0.717) is 23.7 Å². The number of methoxy groups -OCH3 is 1. The number of aliphatic hydroxyl groups excluding tert-OH is 1. The number of hydrogen-bond acceptors (Lipinski definition) is 9. The van der Waals surface area contributed by atoms with Crippen molar-refractivity contribution in [2.45, 2.75) is 44.1 Å². The summed E-state index contributed by atoms with van der Waals surface area (Å²) in [6.07, 6.45) is -2.77. The van der Waals surface area contributed by atoms with Crippen LogP contribution in [-0.2, 0) is 12.6 Å². The molecule has 2 aliphatic rings. The molecule has 3 aromatic rings. The molecule has 3 N–H and O–H groups in total. The molecule has 0 spiro atoms. The van der Waals surface area contributed by atoms with E-state index in [1.807, 2.05) is 7.05 Å². The number of anilines is 2. The molecular formula is C28H29ClF3N5O4. The fourth-order valence-electron chi connectivity index (χ4n) is 5.02. The van der Waals surface area contributed by atoms with Gasteiger partial charge in [-0.25, -0.2) is 4.98 Å². The minimum Gasteiger partial charge on any atom is -0.495 e. The third-order valence-corrected chi connectivity index (χ3v) is 7.58. The summed E-state index contributed by atoms with van der Waals surface area (Å²) in [5.41, 5.74) is 0.405. The number of piperidine rings is 1. The van der Waals surface area contributed by atoms with E-state index in [1.54, 1.807) is 12.1 Å². The van der Waals surface area contributed by atoms with Crippen molar-refractivity contribution >= 4 is 29.0 Å². The first-order chi connectivity index (χ1) is 19.5. The van der Waals surface area contributed by atoms with Gasteiger partial charge in [-0.05, 0) is 63.2 Å². The highest BCUT2D eigenvalue weighted by molar-refractivity contribution is 6.31. The Morgan fingerprint density at radius 1 is 1.17 bits per heavy atom. The molecule has 9 nitrogen and oxygen atoms in total. The zero-order valence-corrected chi connectivity index (χ0v) is 23.1. The van der Waals surface area contributed by atoms with Gasteiger partial charge in [-0.15, -0.1) is 0 Å². The summed E-state index contributed by atoms with van der Waals surface area (Å²) in [6, 6.07) is 7.91. The summed E-state index contributed by atoms with van der Waals surface area (Å²) in [5.74, 6) is -0.938. The van der Waals surface area contributed by atoms with Crippen LogP contribution in [0.25, 0.3) is 0 Å². The number of Topliss-reactive ketones (excluding diaryl/α,β-unsaturated/α-hetero) is 1. The fourth-order valence-corrected chi connectivity index (χ4v) is 5.28. The average Bonchev–Trinajstić information content (AvgIpc) is 3.31. The number of likely N-dealkylation sites (tertiary alicyclic amines) is 1. The van der Waals surface area contributed by atoms with Gasteiger partial charge in [0.05, 0.1) is 23.4 Å². The van der Waals surface area contributed by atoms with Gasteiger partial charge in [0.25, 0.3) is 0 Å². The molecule has 0 bridgehead atoms. The number of ether oxygens (including phenoxy) is 2. The first-order valence-electron chi connectivity index (χ1n) is 13.1. The first kappa shape index (κ1) is 29.1. The van der Waals surface area contributed by atoms with E-state index in [4.69, 9.17) is 21.1 Å². The third-order valence-electron chi connectivity index (χ3n) is 7.25. The van der Waals surface area contributed by atoms with Crippen molar-refractivity contribution in [2.75, 3.05) is 32.6 Å². The van der Waals surface area contributed by atoms with Gasteiger partial charge in [0.15, 0.2) is 5.78 Å². The molecule has 5 rings (SSSR count). The summed E-state index contributed by atoms with van der Waals surface area (Å²) < 4.78 is 52.5. The summed E-state index contributed by atoms with van der Waals surface area (Å²) >= 11 is 6.50. The van der Waals surface area contributed by atoms with Crippen molar-refractivity contribution < 1.29 is 32.5 Å². The van der Waals surface area contributed by atoms with Gasteiger partial charge in [-0.1, -0.05) is 23.7 Å². The molecule has 0 radical (unpaired) electrons. The molecular weight excluding hydrogens is 563 g/mol. The topological polar surface area (TPSA) is 109 Å². The van der Waals surface area contributed by atoms with Gasteiger partial charge in [-0.2, -0.15) is 18.2 Å². The van der Waals surface area contributed by atoms with Gasteiger partial charge >= 0.3 is 6.18 Å². The van der Waals surface area contributed by atoms with Crippen LogP contribution in [0.4, 0.5) is 24.8 Å². The van der Waals surface area contributed by atoms with Crippen LogP contribution in [0.3, 0.4) is 0 Å². The minimum absolute atomic E-state index is 0.00349. The van der Waals surface area contributed by atoms with Gasteiger partial charge in [0.2, 0.25) is 11.8 Å². The van der Waals surface area contributed by atoms with Crippen molar-refractivity contribution in [2.24, 2.45) is 0 Å². The maximum absolute atomic E-state index is 13.8. The Labute approximate surface area is 239 Å². The second kappa shape index (κ2) is 11.8. The molecule has 1 unspecified atom stereocenters. The highest BCUT2D eigenvalue weighted by Crippen LogP contribution is 2.41. The zero-order chi connectivity index (χ0) is 29.3. The SMILES string of the molecule is COc1cc(C(O)NC2CCN(C)CC2)c(Cl)cc1Nc1ncc(C(F)(F)F)c(Oc2cccc3c2C(=O)CC3)n1. The molecule has 1 atom stereocenters. The van der Waals surface area contributed by atoms with E-state index >= 15 is 0 Å². The van der Waals surface area contributed by atoms with Gasteiger partial charge in [0.1, 0.15) is 23.3 Å². The molecule has 1 aliphatic heterocycles. The first-order valence-corrected chi connectivity index (χ1v) is 13.5. The predicted molar refractivity (Wildman–Crippen MR) is 146 cm³/mol. The second-order valence-corrected chi connectivity index (χ2v) is 10.5. The number of carbonyl (C=O) groups excluding carboxylic acids is 1. The molecule has 1 aromatic heterocycles. The number of aryl methyl sites for hydroxylation is 1. The lowest BCUT2D eigenvalue weighted by Crippen LogP contribution is -2.42. The maximum atomic E-state index is 13.8. The van der Waals surface area contributed by atoms with Crippen molar-refractivity contribution in [3.05, 3.63) is 63.8 Å². The molecule has 2 aromatic carbocycles. The van der Waals surface area contributed by atoms with Crippen molar-refractivity contribution in [3.63, 3.8) is 0 Å². The predicted octanol–water partition coefficient (Wildman–Crippen LogP) is 5.50. The number of nitrogens with zero attached hydrogens (tertiary/aromatic N) is 3. The summed E-state index contributed by atoms with van der Waals surface area (Å²) in [6.45, 7) is 1.82. The second-order valence-electron chi connectivity index (χ2n) is 10.1. The molecule has 2 heterocycles. The Kier molecular flexibility index (Phi) is 8.37. The Morgan fingerprint density at radius 3 is 2.63 bits per heavy atom. The summed E-state index contributed by atoms with van der Waals surface area (Å²) in [4.78, 5) is 22.4. The molecule has 41 heavy (non-hydrogen) atoms. The number of aliphatic hydroxyl groups is 1. The number of nitrogens with one attached hydrogen (secondary N) is 2. The molecule has 1 fully saturated rings. The molecule has 13 heteroatoms. The lowest BCUT2D eigenvalue weighted by Gasteiger charge is -2.31. The lowest BCUT2D eigenvalue weighted by atomic mass is 10.0. The van der Waals surface area contributed by atoms with Gasteiger partial charge in [0, 0.05) is 24.2 Å². The van der Waals surface area contributed by atoms with Crippen LogP contribution >= 0.6 is 11.6 Å². The van der Waals surface area contributed by atoms with E-state index in [0.717, 1.165) is 25.9 Å². The number of benzene rings is 2. The van der Waals surface area contributed by atoms with Gasteiger partial charge in [-0.3, -0.25) is 10.1 Å². The van der Waals surface area contributed by atoms with E-state index in [2.05, 4.69) is 25.5 Å². The molecule has 0 amide bonds. The van der Waals surface area contributed by atoms with E-state index in [1.165, 1.54) is 25.3 Å². The number of aromatic nitrogens is 2. The Bertz CT molecular complexity index is 1450. The maximum Gasteiger partial charge on any atom is 0.423 e. The normalized spacial score (nSPS) is 16.9. The molecule has 0 saturated carbocycles. The number of alkyl halides is 3. The van der Waals surface area contributed by atoms with E-state index in [9.17, 15) is 23.1 Å². The van der Waals surface area contributed by atoms with Crippen LogP contribution in [0.1, 0.15) is 52.5 Å². The zero-order valence-electron chi connectivity index (χ0n) is 22.4. The summed E-state index contributed by atoms with van der Waals surface area (Å²) in [5, 5.41) is 17.0. The van der Waals surface area contributed by atoms with Crippen LogP contribution in [0.5, 0.6) is 17.4 Å². The van der Waals surface area contributed by atoms with Crippen LogP contribution in [0, 0.1) is 0 Å². The van der Waals surface area contributed by atoms with Crippen LogP contribution < -0.4 is 20.1 Å². The number of hydrogen-bond donors (Lipinski definition) is 3. The number of carbonyl (C=O) groups is 1. The van der Waals surface area contributed by atoms with Crippen LogP contribution in [-0.4, -0.2) is 59.0 Å². The third kappa shape index (κ3) is 6.40. The average molecular weight is 592 g/mol.